The van der Waals surface area contributed by atoms with Gasteiger partial charge in [0.05, 0.1) is 11.4 Å². The van der Waals surface area contributed by atoms with Crippen LogP contribution in [0.4, 0.5) is 11.4 Å². The van der Waals surface area contributed by atoms with E-state index in [9.17, 15) is 0 Å². The normalized spacial score (nSPS) is 10.5. The van der Waals surface area contributed by atoms with E-state index in [-0.39, 0.29) is 0 Å². The lowest BCUT2D eigenvalue weighted by atomic mass is 10.1. The molecule has 0 aliphatic carbocycles. The second-order valence-corrected chi connectivity index (χ2v) is 5.08. The highest BCUT2D eigenvalue weighted by Crippen LogP contribution is 2.28. The van der Waals surface area contributed by atoms with Gasteiger partial charge in [0.2, 0.25) is 0 Å². The van der Waals surface area contributed by atoms with Crippen molar-refractivity contribution in [2.45, 2.75) is 20.4 Å². The monoisotopic (exact) mass is 274 g/mol. The molecule has 0 bridgehead atoms. The summed E-state index contributed by atoms with van der Waals surface area (Å²) in [7, 11) is 0. The summed E-state index contributed by atoms with van der Waals surface area (Å²) < 4.78 is 0. The van der Waals surface area contributed by atoms with Gasteiger partial charge in [-0.2, -0.15) is 0 Å². The quantitative estimate of drug-likeness (QED) is 0.844. The standard InChI is InChI=1S/C16H19ClN2/c1-3-19(11-13-7-5-4-6-12(13)2)16-10-14(17)8-9-15(16)18/h4-10H,3,11,18H2,1-2H3. The SMILES string of the molecule is CCN(Cc1ccccc1C)c1cc(Cl)ccc1N. The van der Waals surface area contributed by atoms with Crippen LogP contribution in [0.3, 0.4) is 0 Å². The number of benzene rings is 2. The Kier molecular flexibility index (Phi) is 4.33. The first-order chi connectivity index (χ1) is 9.11. The molecule has 2 N–H and O–H groups in total. The van der Waals surface area contributed by atoms with Crippen LogP contribution in [0.5, 0.6) is 0 Å². The molecule has 2 aromatic rings. The number of anilines is 2. The molecule has 0 aliphatic rings. The Morgan fingerprint density at radius 2 is 1.89 bits per heavy atom. The van der Waals surface area contributed by atoms with Crippen molar-refractivity contribution in [1.29, 1.82) is 0 Å². The van der Waals surface area contributed by atoms with Gasteiger partial charge in [0.1, 0.15) is 0 Å². The second-order valence-electron chi connectivity index (χ2n) is 4.64. The molecule has 0 spiro atoms. The smallest absolute Gasteiger partial charge is 0.0617 e. The van der Waals surface area contributed by atoms with E-state index in [4.69, 9.17) is 17.3 Å². The van der Waals surface area contributed by atoms with Crippen LogP contribution in [0.1, 0.15) is 18.1 Å². The lowest BCUT2D eigenvalue weighted by Gasteiger charge is -2.25. The Hall–Kier alpha value is -1.67. The number of nitrogens with zero attached hydrogens (tertiary/aromatic N) is 1. The fourth-order valence-corrected chi connectivity index (χ4v) is 2.32. The van der Waals surface area contributed by atoms with Gasteiger partial charge in [0, 0.05) is 18.1 Å². The molecule has 0 fully saturated rings. The minimum Gasteiger partial charge on any atom is -0.397 e. The molecule has 2 aromatic carbocycles. The third-order valence-corrected chi connectivity index (χ3v) is 3.57. The highest BCUT2D eigenvalue weighted by Gasteiger charge is 2.10. The molecule has 0 atom stereocenters. The number of nitrogens with two attached hydrogens (primary N) is 1. The molecule has 0 aliphatic heterocycles. The van der Waals surface area contributed by atoms with Crippen molar-refractivity contribution in [3.05, 3.63) is 58.6 Å². The molecule has 0 saturated heterocycles. The summed E-state index contributed by atoms with van der Waals surface area (Å²) in [6.45, 7) is 5.98. The molecule has 0 radical (unpaired) electrons. The number of hydrogen-bond acceptors (Lipinski definition) is 2. The van der Waals surface area contributed by atoms with Gasteiger partial charge in [0.25, 0.3) is 0 Å². The first kappa shape index (κ1) is 13.8. The molecular weight excluding hydrogens is 256 g/mol. The lowest BCUT2D eigenvalue weighted by molar-refractivity contribution is 0.828. The Bertz CT molecular complexity index is 566. The molecule has 19 heavy (non-hydrogen) atoms. The number of halogens is 1. The van der Waals surface area contributed by atoms with Crippen LogP contribution in [-0.4, -0.2) is 6.54 Å². The van der Waals surface area contributed by atoms with Crippen LogP contribution in [-0.2, 0) is 6.54 Å². The molecule has 0 heterocycles. The Morgan fingerprint density at radius 3 is 2.58 bits per heavy atom. The van der Waals surface area contributed by atoms with Gasteiger partial charge in [-0.25, -0.2) is 0 Å². The van der Waals surface area contributed by atoms with E-state index in [1.54, 1.807) is 0 Å². The second kappa shape index (κ2) is 5.98. The van der Waals surface area contributed by atoms with Crippen LogP contribution < -0.4 is 10.6 Å². The van der Waals surface area contributed by atoms with E-state index in [1.807, 2.05) is 18.2 Å². The van der Waals surface area contributed by atoms with Crippen LogP contribution in [0.25, 0.3) is 0 Å². The summed E-state index contributed by atoms with van der Waals surface area (Å²) in [4.78, 5) is 2.24. The summed E-state index contributed by atoms with van der Waals surface area (Å²) in [5.41, 5.74) is 10.4. The Morgan fingerprint density at radius 1 is 1.16 bits per heavy atom. The maximum absolute atomic E-state index is 6.07. The predicted octanol–water partition coefficient (Wildman–Crippen LogP) is 4.26. The highest BCUT2D eigenvalue weighted by molar-refractivity contribution is 6.31. The Labute approximate surface area is 119 Å². The van der Waals surface area contributed by atoms with Gasteiger partial charge in [-0.15, -0.1) is 0 Å². The molecular formula is C16H19ClN2. The van der Waals surface area contributed by atoms with Gasteiger partial charge in [-0.05, 0) is 43.2 Å². The van der Waals surface area contributed by atoms with Gasteiger partial charge in [-0.3, -0.25) is 0 Å². The van der Waals surface area contributed by atoms with E-state index in [2.05, 4.69) is 43.0 Å². The maximum atomic E-state index is 6.07. The topological polar surface area (TPSA) is 29.3 Å². The fraction of sp³-hybridized carbons (Fsp3) is 0.250. The van der Waals surface area contributed by atoms with E-state index >= 15 is 0 Å². The highest BCUT2D eigenvalue weighted by atomic mass is 35.5. The summed E-state index contributed by atoms with van der Waals surface area (Å²) in [5, 5.41) is 0.715. The fourth-order valence-electron chi connectivity index (χ4n) is 2.15. The van der Waals surface area contributed by atoms with Crippen molar-refractivity contribution in [3.63, 3.8) is 0 Å². The zero-order chi connectivity index (χ0) is 13.8. The van der Waals surface area contributed by atoms with Crippen LogP contribution >= 0.6 is 11.6 Å². The van der Waals surface area contributed by atoms with Gasteiger partial charge in [-0.1, -0.05) is 35.9 Å². The summed E-state index contributed by atoms with van der Waals surface area (Å²) in [6, 6.07) is 14.0. The molecule has 0 aromatic heterocycles. The van der Waals surface area contributed by atoms with Crippen molar-refractivity contribution in [2.24, 2.45) is 0 Å². The average molecular weight is 275 g/mol. The third kappa shape index (κ3) is 3.21. The summed E-state index contributed by atoms with van der Waals surface area (Å²) in [6.07, 6.45) is 0. The lowest BCUT2D eigenvalue weighted by Crippen LogP contribution is -2.23. The van der Waals surface area contributed by atoms with Crippen LogP contribution in [0.2, 0.25) is 5.02 Å². The minimum atomic E-state index is 0.715. The number of aryl methyl sites for hydroxylation is 1. The molecule has 2 nitrogen and oxygen atoms in total. The van der Waals surface area contributed by atoms with Gasteiger partial charge in [0.15, 0.2) is 0 Å². The number of rotatable bonds is 4. The van der Waals surface area contributed by atoms with Gasteiger partial charge >= 0.3 is 0 Å². The van der Waals surface area contributed by atoms with Gasteiger partial charge < -0.3 is 10.6 Å². The van der Waals surface area contributed by atoms with E-state index in [0.29, 0.717) is 5.02 Å². The number of nitrogen functional groups attached to an aromatic ring is 1. The molecule has 0 amide bonds. The van der Waals surface area contributed by atoms with Crippen molar-refractivity contribution < 1.29 is 0 Å². The summed E-state index contributed by atoms with van der Waals surface area (Å²) in [5.74, 6) is 0. The number of hydrogen-bond donors (Lipinski definition) is 1. The molecule has 0 unspecified atom stereocenters. The first-order valence-corrected chi connectivity index (χ1v) is 6.84. The third-order valence-electron chi connectivity index (χ3n) is 3.34. The zero-order valence-corrected chi connectivity index (χ0v) is 12.1. The molecule has 100 valence electrons. The van der Waals surface area contributed by atoms with E-state index in [1.165, 1.54) is 11.1 Å². The maximum Gasteiger partial charge on any atom is 0.0617 e. The van der Waals surface area contributed by atoms with E-state index < -0.39 is 0 Å². The minimum absolute atomic E-state index is 0.715. The zero-order valence-electron chi connectivity index (χ0n) is 11.4. The first-order valence-electron chi connectivity index (χ1n) is 6.46. The predicted molar refractivity (Wildman–Crippen MR) is 83.8 cm³/mol. The van der Waals surface area contributed by atoms with Crippen LogP contribution in [0, 0.1) is 6.92 Å². The summed E-state index contributed by atoms with van der Waals surface area (Å²) >= 11 is 6.07. The Balaban J connectivity index is 2.30. The largest absolute Gasteiger partial charge is 0.397 e. The van der Waals surface area contributed by atoms with Crippen molar-refractivity contribution in [3.8, 4) is 0 Å². The molecule has 3 heteroatoms. The molecule has 2 rings (SSSR count). The van der Waals surface area contributed by atoms with Crippen LogP contribution in [0.15, 0.2) is 42.5 Å². The van der Waals surface area contributed by atoms with Crippen molar-refractivity contribution >= 4 is 23.0 Å². The molecule has 0 saturated carbocycles. The average Bonchev–Trinajstić information content (AvgIpc) is 2.41. The van der Waals surface area contributed by atoms with Crippen molar-refractivity contribution in [2.75, 3.05) is 17.2 Å². The van der Waals surface area contributed by atoms with E-state index in [0.717, 1.165) is 24.5 Å². The van der Waals surface area contributed by atoms with Crippen molar-refractivity contribution in [1.82, 2.24) is 0 Å².